The lowest BCUT2D eigenvalue weighted by atomic mass is 10.2. The molecule has 0 aliphatic heterocycles. The molecule has 0 saturated heterocycles. The quantitative estimate of drug-likeness (QED) is 0.449. The number of aryl methyl sites for hydroxylation is 1. The zero-order valence-electron chi connectivity index (χ0n) is 16.2. The number of nitrogens with one attached hydrogen (secondary N) is 2. The summed E-state index contributed by atoms with van der Waals surface area (Å²) in [6.07, 6.45) is 4.99. The van der Waals surface area contributed by atoms with Gasteiger partial charge in [0.25, 0.3) is 6.01 Å². The Morgan fingerprint density at radius 2 is 1.77 bits per heavy atom. The standard InChI is InChI=1S/C22H20N4O3S/c1-16-7-8-19(26-30(27,28)15-17-5-3-2-4-6-17)13-20(16)25-22-24-14-21(29-22)18-9-11-23-12-10-18/h2-14,26H,15H2,1H3,(H,24,25). The minimum Gasteiger partial charge on any atom is -0.423 e. The molecule has 30 heavy (non-hydrogen) atoms. The molecule has 0 fully saturated rings. The number of hydrogen-bond donors (Lipinski definition) is 2. The third-order valence-electron chi connectivity index (χ3n) is 4.42. The van der Waals surface area contributed by atoms with E-state index < -0.39 is 10.0 Å². The molecule has 0 aliphatic carbocycles. The molecule has 2 N–H and O–H groups in total. The second-order valence-electron chi connectivity index (χ2n) is 6.77. The molecule has 152 valence electrons. The van der Waals surface area contributed by atoms with Gasteiger partial charge in [0.15, 0.2) is 5.76 Å². The molecule has 0 spiro atoms. The molecule has 0 atom stereocenters. The summed E-state index contributed by atoms with van der Waals surface area (Å²) >= 11 is 0. The Kier molecular flexibility index (Phi) is 5.49. The van der Waals surface area contributed by atoms with Crippen LogP contribution in [0.1, 0.15) is 11.1 Å². The van der Waals surface area contributed by atoms with Crippen molar-refractivity contribution in [2.75, 3.05) is 10.0 Å². The van der Waals surface area contributed by atoms with Crippen LogP contribution in [-0.4, -0.2) is 18.4 Å². The summed E-state index contributed by atoms with van der Waals surface area (Å²) in [7, 11) is -3.54. The van der Waals surface area contributed by atoms with Crippen molar-refractivity contribution >= 4 is 27.4 Å². The van der Waals surface area contributed by atoms with Crippen LogP contribution in [0.25, 0.3) is 11.3 Å². The number of pyridine rings is 1. The molecule has 0 aliphatic rings. The van der Waals surface area contributed by atoms with E-state index in [4.69, 9.17) is 4.42 Å². The molecule has 0 amide bonds. The molecule has 2 heterocycles. The van der Waals surface area contributed by atoms with Crippen molar-refractivity contribution in [3.63, 3.8) is 0 Å². The number of aromatic nitrogens is 2. The van der Waals surface area contributed by atoms with E-state index in [1.54, 1.807) is 42.9 Å². The van der Waals surface area contributed by atoms with Crippen LogP contribution in [-0.2, 0) is 15.8 Å². The van der Waals surface area contributed by atoms with Gasteiger partial charge in [-0.3, -0.25) is 9.71 Å². The predicted molar refractivity (Wildman–Crippen MR) is 117 cm³/mol. The highest BCUT2D eigenvalue weighted by Crippen LogP contribution is 2.27. The maximum Gasteiger partial charge on any atom is 0.299 e. The molecule has 0 unspecified atom stereocenters. The highest BCUT2D eigenvalue weighted by molar-refractivity contribution is 7.91. The number of oxazole rings is 1. The fraction of sp³-hybridized carbons (Fsp3) is 0.0909. The highest BCUT2D eigenvalue weighted by Gasteiger charge is 2.13. The third kappa shape index (κ3) is 4.84. The molecule has 7 nitrogen and oxygen atoms in total. The summed E-state index contributed by atoms with van der Waals surface area (Å²) in [4.78, 5) is 8.24. The van der Waals surface area contributed by atoms with Gasteiger partial charge >= 0.3 is 0 Å². The van der Waals surface area contributed by atoms with Crippen molar-refractivity contribution in [3.05, 3.63) is 90.4 Å². The number of anilines is 3. The molecule has 2 aromatic heterocycles. The number of sulfonamides is 1. The number of nitrogens with zero attached hydrogens (tertiary/aromatic N) is 2. The maximum atomic E-state index is 12.5. The molecule has 8 heteroatoms. The Balaban J connectivity index is 1.50. The fourth-order valence-electron chi connectivity index (χ4n) is 2.93. The summed E-state index contributed by atoms with van der Waals surface area (Å²) in [6, 6.07) is 18.3. The lowest BCUT2D eigenvalue weighted by Gasteiger charge is -2.12. The fourth-order valence-corrected chi connectivity index (χ4v) is 4.12. The van der Waals surface area contributed by atoms with Gasteiger partial charge in [0.05, 0.1) is 17.6 Å². The minimum atomic E-state index is -3.54. The van der Waals surface area contributed by atoms with Crippen molar-refractivity contribution in [2.24, 2.45) is 0 Å². The maximum absolute atomic E-state index is 12.5. The van der Waals surface area contributed by atoms with E-state index in [2.05, 4.69) is 20.0 Å². The first-order chi connectivity index (χ1) is 14.5. The molecule has 4 rings (SSSR count). The van der Waals surface area contributed by atoms with Crippen LogP contribution in [0.3, 0.4) is 0 Å². The van der Waals surface area contributed by atoms with Crippen LogP contribution >= 0.6 is 0 Å². The van der Waals surface area contributed by atoms with Gasteiger partial charge in [-0.1, -0.05) is 36.4 Å². The Labute approximate surface area is 174 Å². The van der Waals surface area contributed by atoms with Gasteiger partial charge in [0, 0.05) is 23.6 Å². The van der Waals surface area contributed by atoms with Crippen molar-refractivity contribution < 1.29 is 12.8 Å². The lowest BCUT2D eigenvalue weighted by molar-refractivity contribution is 0.592. The highest BCUT2D eigenvalue weighted by atomic mass is 32.2. The normalized spacial score (nSPS) is 11.2. The topological polar surface area (TPSA) is 97.1 Å². The summed E-state index contributed by atoms with van der Waals surface area (Å²) in [5.41, 5.74) is 3.66. The van der Waals surface area contributed by atoms with Gasteiger partial charge in [-0.15, -0.1) is 0 Å². The first-order valence-corrected chi connectivity index (χ1v) is 10.9. The number of rotatable bonds is 7. The van der Waals surface area contributed by atoms with Gasteiger partial charge in [-0.2, -0.15) is 0 Å². The van der Waals surface area contributed by atoms with Crippen LogP contribution < -0.4 is 10.0 Å². The van der Waals surface area contributed by atoms with Gasteiger partial charge in [0.2, 0.25) is 10.0 Å². The number of benzene rings is 2. The minimum absolute atomic E-state index is 0.0977. The van der Waals surface area contributed by atoms with Crippen molar-refractivity contribution in [2.45, 2.75) is 12.7 Å². The average Bonchev–Trinajstić information content (AvgIpc) is 3.20. The molecule has 2 aromatic carbocycles. The van der Waals surface area contributed by atoms with Crippen molar-refractivity contribution in [3.8, 4) is 11.3 Å². The molecular formula is C22H20N4O3S. The van der Waals surface area contributed by atoms with Gasteiger partial charge in [-0.05, 0) is 42.3 Å². The van der Waals surface area contributed by atoms with E-state index in [1.165, 1.54) is 0 Å². The smallest absolute Gasteiger partial charge is 0.299 e. The molecule has 0 radical (unpaired) electrons. The van der Waals surface area contributed by atoms with Crippen LogP contribution in [0.4, 0.5) is 17.4 Å². The van der Waals surface area contributed by atoms with Gasteiger partial charge in [0.1, 0.15) is 0 Å². The summed E-state index contributed by atoms with van der Waals surface area (Å²) in [5.74, 6) is 0.511. The molecule has 4 aromatic rings. The van der Waals surface area contributed by atoms with Crippen molar-refractivity contribution in [1.29, 1.82) is 0 Å². The Morgan fingerprint density at radius 1 is 1.00 bits per heavy atom. The third-order valence-corrected chi connectivity index (χ3v) is 5.68. The van der Waals surface area contributed by atoms with E-state index in [9.17, 15) is 8.42 Å². The van der Waals surface area contributed by atoms with E-state index in [-0.39, 0.29) is 5.75 Å². The zero-order chi connectivity index (χ0) is 21.0. The van der Waals surface area contributed by atoms with E-state index in [0.717, 1.165) is 16.7 Å². The first kappa shape index (κ1) is 19.7. The van der Waals surface area contributed by atoms with Crippen LogP contribution in [0, 0.1) is 6.92 Å². The van der Waals surface area contributed by atoms with E-state index >= 15 is 0 Å². The summed E-state index contributed by atoms with van der Waals surface area (Å²) in [6.45, 7) is 1.91. The second kappa shape index (κ2) is 8.38. The van der Waals surface area contributed by atoms with Crippen LogP contribution in [0.5, 0.6) is 0 Å². The summed E-state index contributed by atoms with van der Waals surface area (Å²) in [5, 5.41) is 3.11. The molecule has 0 saturated carbocycles. The average molecular weight is 420 g/mol. The largest absolute Gasteiger partial charge is 0.423 e. The monoisotopic (exact) mass is 420 g/mol. The van der Waals surface area contributed by atoms with Gasteiger partial charge < -0.3 is 9.73 Å². The number of hydrogen-bond acceptors (Lipinski definition) is 6. The van der Waals surface area contributed by atoms with E-state index in [1.807, 2.05) is 43.3 Å². The summed E-state index contributed by atoms with van der Waals surface area (Å²) < 4.78 is 33.4. The van der Waals surface area contributed by atoms with Crippen LogP contribution in [0.2, 0.25) is 0 Å². The SMILES string of the molecule is Cc1ccc(NS(=O)(=O)Cc2ccccc2)cc1Nc1ncc(-c2ccncc2)o1. The van der Waals surface area contributed by atoms with Gasteiger partial charge in [-0.25, -0.2) is 13.4 Å². The zero-order valence-corrected chi connectivity index (χ0v) is 17.1. The second-order valence-corrected chi connectivity index (χ2v) is 8.49. The predicted octanol–water partition coefficient (Wildman–Crippen LogP) is 4.73. The van der Waals surface area contributed by atoms with Crippen LogP contribution in [0.15, 0.2) is 83.7 Å². The Hall–Kier alpha value is -3.65. The van der Waals surface area contributed by atoms with E-state index in [0.29, 0.717) is 23.1 Å². The Morgan fingerprint density at radius 3 is 2.53 bits per heavy atom. The molecular weight excluding hydrogens is 400 g/mol. The molecule has 0 bridgehead atoms. The Bertz CT molecular complexity index is 1240. The first-order valence-electron chi connectivity index (χ1n) is 9.27. The lowest BCUT2D eigenvalue weighted by Crippen LogP contribution is -2.15. The van der Waals surface area contributed by atoms with Crippen molar-refractivity contribution in [1.82, 2.24) is 9.97 Å².